The lowest BCUT2D eigenvalue weighted by Gasteiger charge is -2.01. The Morgan fingerprint density at radius 1 is 1.22 bits per heavy atom. The molecule has 2 unspecified atom stereocenters. The monoisotopic (exact) mass is 344 g/mol. The average molecular weight is 344 g/mol. The molecule has 0 saturated heterocycles. The molecule has 0 aliphatic heterocycles. The van der Waals surface area contributed by atoms with Crippen LogP contribution in [-0.4, -0.2) is 10.9 Å². The predicted octanol–water partition coefficient (Wildman–Crippen LogP) is 4.75. The van der Waals surface area contributed by atoms with Crippen LogP contribution >= 0.6 is 22.7 Å². The Hall–Kier alpha value is -2.05. The third-order valence-electron chi connectivity index (χ3n) is 3.93. The summed E-state index contributed by atoms with van der Waals surface area (Å²) < 4.78 is 12.9. The SMILES string of the molecule is O=C(Nc1nc(-c2cccs2)cs1)C1CC1c1ccc(F)cc1. The minimum atomic E-state index is -0.251. The van der Waals surface area contributed by atoms with Crippen molar-refractivity contribution in [3.05, 3.63) is 58.5 Å². The van der Waals surface area contributed by atoms with Gasteiger partial charge >= 0.3 is 0 Å². The van der Waals surface area contributed by atoms with Crippen molar-refractivity contribution in [2.24, 2.45) is 5.92 Å². The van der Waals surface area contributed by atoms with Crippen molar-refractivity contribution in [2.75, 3.05) is 5.32 Å². The molecule has 0 radical (unpaired) electrons. The number of thiophene rings is 1. The van der Waals surface area contributed by atoms with Crippen LogP contribution in [0.2, 0.25) is 0 Å². The molecule has 23 heavy (non-hydrogen) atoms. The molecule has 3 aromatic rings. The van der Waals surface area contributed by atoms with E-state index in [1.807, 2.05) is 22.9 Å². The summed E-state index contributed by atoms with van der Waals surface area (Å²) in [5.74, 6) is -0.118. The van der Waals surface area contributed by atoms with Gasteiger partial charge in [0.15, 0.2) is 5.13 Å². The van der Waals surface area contributed by atoms with E-state index in [2.05, 4.69) is 10.3 Å². The van der Waals surface area contributed by atoms with Gasteiger partial charge < -0.3 is 5.32 Å². The Morgan fingerprint density at radius 3 is 2.78 bits per heavy atom. The van der Waals surface area contributed by atoms with Crippen molar-refractivity contribution in [3.8, 4) is 10.6 Å². The second-order valence-corrected chi connectivity index (χ2v) is 7.31. The van der Waals surface area contributed by atoms with E-state index in [-0.39, 0.29) is 23.6 Å². The van der Waals surface area contributed by atoms with Crippen LogP contribution < -0.4 is 5.32 Å². The fourth-order valence-electron chi connectivity index (χ4n) is 2.63. The zero-order valence-corrected chi connectivity index (χ0v) is 13.7. The van der Waals surface area contributed by atoms with E-state index in [1.54, 1.807) is 23.5 Å². The molecule has 2 heterocycles. The molecule has 3 nitrogen and oxygen atoms in total. The quantitative estimate of drug-likeness (QED) is 0.742. The first-order valence-corrected chi connectivity index (χ1v) is 9.02. The molecule has 6 heteroatoms. The maximum Gasteiger partial charge on any atom is 0.229 e. The lowest BCUT2D eigenvalue weighted by Crippen LogP contribution is -2.14. The van der Waals surface area contributed by atoms with Crippen LogP contribution in [0.15, 0.2) is 47.2 Å². The highest BCUT2D eigenvalue weighted by atomic mass is 32.1. The molecule has 1 N–H and O–H groups in total. The van der Waals surface area contributed by atoms with Crippen molar-refractivity contribution in [2.45, 2.75) is 12.3 Å². The van der Waals surface area contributed by atoms with Gasteiger partial charge in [0.25, 0.3) is 0 Å². The highest BCUT2D eigenvalue weighted by Crippen LogP contribution is 2.48. The van der Waals surface area contributed by atoms with Gasteiger partial charge in [0.1, 0.15) is 5.82 Å². The van der Waals surface area contributed by atoms with Gasteiger partial charge in [0.05, 0.1) is 10.6 Å². The van der Waals surface area contributed by atoms with E-state index < -0.39 is 0 Å². The van der Waals surface area contributed by atoms with Crippen LogP contribution in [0, 0.1) is 11.7 Å². The summed E-state index contributed by atoms with van der Waals surface area (Å²) >= 11 is 3.06. The molecule has 116 valence electrons. The third kappa shape index (κ3) is 3.04. The Balaban J connectivity index is 1.40. The first kappa shape index (κ1) is 14.5. The molecule has 0 spiro atoms. The Morgan fingerprint density at radius 2 is 2.04 bits per heavy atom. The van der Waals surface area contributed by atoms with Gasteiger partial charge in [-0.1, -0.05) is 18.2 Å². The summed E-state index contributed by atoms with van der Waals surface area (Å²) in [4.78, 5) is 17.9. The molecule has 1 amide bonds. The number of thiazole rings is 1. The minimum Gasteiger partial charge on any atom is -0.302 e. The molecule has 0 bridgehead atoms. The minimum absolute atomic E-state index is 0.00796. The molecule has 1 fully saturated rings. The van der Waals surface area contributed by atoms with Crippen molar-refractivity contribution in [1.29, 1.82) is 0 Å². The van der Waals surface area contributed by atoms with Crippen LogP contribution in [0.3, 0.4) is 0 Å². The summed E-state index contributed by atoms with van der Waals surface area (Å²) in [7, 11) is 0. The topological polar surface area (TPSA) is 42.0 Å². The number of benzene rings is 1. The molecular formula is C17H13FN2OS2. The van der Waals surface area contributed by atoms with Gasteiger partial charge in [0.2, 0.25) is 5.91 Å². The van der Waals surface area contributed by atoms with Gasteiger partial charge in [-0.2, -0.15) is 0 Å². The summed E-state index contributed by atoms with van der Waals surface area (Å²) in [6, 6.07) is 10.4. The van der Waals surface area contributed by atoms with E-state index in [9.17, 15) is 9.18 Å². The number of carbonyl (C=O) groups is 1. The number of hydrogen-bond acceptors (Lipinski definition) is 4. The second kappa shape index (κ2) is 5.86. The van der Waals surface area contributed by atoms with E-state index in [1.165, 1.54) is 23.5 Å². The lowest BCUT2D eigenvalue weighted by atomic mass is 10.1. The average Bonchev–Trinajstić information content (AvgIpc) is 2.96. The number of carbonyl (C=O) groups excluding carboxylic acids is 1. The van der Waals surface area contributed by atoms with E-state index >= 15 is 0 Å². The molecule has 2 atom stereocenters. The predicted molar refractivity (Wildman–Crippen MR) is 91.3 cm³/mol. The molecular weight excluding hydrogens is 331 g/mol. The molecule has 4 rings (SSSR count). The number of aromatic nitrogens is 1. The zero-order valence-electron chi connectivity index (χ0n) is 12.0. The maximum atomic E-state index is 12.9. The number of halogens is 1. The standard InChI is InChI=1S/C17H13FN2OS2/c18-11-5-3-10(4-6-11)12-8-13(12)16(21)20-17-19-14(9-23-17)15-2-1-7-22-15/h1-7,9,12-13H,8H2,(H,19,20,21). The van der Waals surface area contributed by atoms with Crippen LogP contribution in [0.4, 0.5) is 9.52 Å². The smallest absolute Gasteiger partial charge is 0.229 e. The van der Waals surface area contributed by atoms with E-state index in [0.717, 1.165) is 22.6 Å². The first-order valence-electron chi connectivity index (χ1n) is 7.26. The summed E-state index contributed by atoms with van der Waals surface area (Å²) in [5, 5.41) is 7.48. The fourth-order valence-corrected chi connectivity index (χ4v) is 4.10. The normalized spacial score (nSPS) is 19.5. The number of nitrogens with one attached hydrogen (secondary N) is 1. The fraction of sp³-hybridized carbons (Fsp3) is 0.176. The number of anilines is 1. The largest absolute Gasteiger partial charge is 0.302 e. The Bertz CT molecular complexity index is 827. The lowest BCUT2D eigenvalue weighted by molar-refractivity contribution is -0.117. The van der Waals surface area contributed by atoms with E-state index in [0.29, 0.717) is 5.13 Å². The van der Waals surface area contributed by atoms with Crippen molar-refractivity contribution in [1.82, 2.24) is 4.98 Å². The number of amides is 1. The van der Waals surface area contributed by atoms with Gasteiger partial charge in [-0.3, -0.25) is 4.79 Å². The highest BCUT2D eigenvalue weighted by molar-refractivity contribution is 7.16. The Kier molecular flexibility index (Phi) is 3.71. The van der Waals surface area contributed by atoms with Gasteiger partial charge in [-0.05, 0) is 41.5 Å². The van der Waals surface area contributed by atoms with Crippen LogP contribution in [0.5, 0.6) is 0 Å². The number of hydrogen-bond donors (Lipinski definition) is 1. The molecule has 1 saturated carbocycles. The van der Waals surface area contributed by atoms with Gasteiger partial charge in [0, 0.05) is 11.3 Å². The number of rotatable bonds is 4. The van der Waals surface area contributed by atoms with Gasteiger partial charge in [-0.25, -0.2) is 9.37 Å². The van der Waals surface area contributed by atoms with Crippen molar-refractivity contribution >= 4 is 33.7 Å². The maximum absolute atomic E-state index is 12.9. The van der Waals surface area contributed by atoms with Crippen LogP contribution in [-0.2, 0) is 4.79 Å². The van der Waals surface area contributed by atoms with Crippen LogP contribution in [0.1, 0.15) is 17.9 Å². The van der Waals surface area contributed by atoms with Crippen LogP contribution in [0.25, 0.3) is 10.6 Å². The van der Waals surface area contributed by atoms with Crippen molar-refractivity contribution < 1.29 is 9.18 Å². The number of nitrogens with zero attached hydrogens (tertiary/aromatic N) is 1. The molecule has 2 aromatic heterocycles. The third-order valence-corrected chi connectivity index (χ3v) is 5.58. The van der Waals surface area contributed by atoms with Crippen molar-refractivity contribution in [3.63, 3.8) is 0 Å². The highest BCUT2D eigenvalue weighted by Gasteiger charge is 2.44. The second-order valence-electron chi connectivity index (χ2n) is 5.50. The summed E-state index contributed by atoms with van der Waals surface area (Å²) in [6.45, 7) is 0. The summed E-state index contributed by atoms with van der Waals surface area (Å²) in [5.41, 5.74) is 1.91. The molecule has 1 aliphatic rings. The summed E-state index contributed by atoms with van der Waals surface area (Å²) in [6.07, 6.45) is 0.806. The molecule has 1 aliphatic carbocycles. The zero-order chi connectivity index (χ0) is 15.8. The van der Waals surface area contributed by atoms with E-state index in [4.69, 9.17) is 0 Å². The van der Waals surface area contributed by atoms with Gasteiger partial charge in [-0.15, -0.1) is 22.7 Å². The molecule has 1 aromatic carbocycles. The first-order chi connectivity index (χ1) is 11.2. The Labute approximate surface area is 140 Å².